The highest BCUT2D eigenvalue weighted by molar-refractivity contribution is 8.15. The minimum Gasteiger partial charge on any atom is -0.492 e. The molecule has 1 fully saturated rings. The maximum Gasteiger partial charge on any atom is 0.416 e. The van der Waals surface area contributed by atoms with Gasteiger partial charge in [-0.25, -0.2) is 0 Å². The Hall–Kier alpha value is -3.01. The van der Waals surface area contributed by atoms with E-state index in [9.17, 15) is 22.8 Å². The average molecular weight is 438 g/mol. The van der Waals surface area contributed by atoms with Gasteiger partial charge in [-0.15, -0.1) is 0 Å². The Labute approximate surface area is 174 Å². The number of carbonyl (C=O) groups is 2. The van der Waals surface area contributed by atoms with Crippen LogP contribution < -0.4 is 10.1 Å². The quantitative estimate of drug-likeness (QED) is 0.513. The molecule has 30 heavy (non-hydrogen) atoms. The molecule has 0 radical (unpaired) electrons. The highest BCUT2D eigenvalue weighted by Crippen LogP contribution is 2.29. The second-order valence-electron chi connectivity index (χ2n) is 6.36. The first kappa shape index (κ1) is 21.7. The largest absolute Gasteiger partial charge is 0.492 e. The molecule has 1 atom stereocenters. The summed E-state index contributed by atoms with van der Waals surface area (Å²) >= 11 is 0.894. The molecule has 2 amide bonds. The van der Waals surface area contributed by atoms with Crippen molar-refractivity contribution < 1.29 is 32.3 Å². The SMILES string of the molecule is C/C(=N\OCc1ccc(C(F)(F)F)cc1)c1ccc(OCC2SC(=O)NC2=O)cc1. The fraction of sp³-hybridized carbons (Fsp3) is 0.250. The van der Waals surface area contributed by atoms with Gasteiger partial charge in [0.15, 0.2) is 0 Å². The van der Waals surface area contributed by atoms with Crippen molar-refractivity contribution in [2.45, 2.75) is 25.0 Å². The zero-order valence-corrected chi connectivity index (χ0v) is 16.5. The highest BCUT2D eigenvalue weighted by atomic mass is 32.2. The Kier molecular flexibility index (Phi) is 6.66. The molecule has 1 aliphatic heterocycles. The number of nitrogens with one attached hydrogen (secondary N) is 1. The molecule has 0 bridgehead atoms. The van der Waals surface area contributed by atoms with E-state index in [1.807, 2.05) is 0 Å². The van der Waals surface area contributed by atoms with Crippen molar-refractivity contribution in [1.29, 1.82) is 0 Å². The molecule has 3 rings (SSSR count). The number of benzene rings is 2. The molecule has 2 aromatic carbocycles. The third-order valence-electron chi connectivity index (χ3n) is 4.15. The van der Waals surface area contributed by atoms with Gasteiger partial charge in [-0.3, -0.25) is 14.9 Å². The van der Waals surface area contributed by atoms with Gasteiger partial charge in [0.25, 0.3) is 5.24 Å². The topological polar surface area (TPSA) is 77.0 Å². The van der Waals surface area contributed by atoms with Crippen molar-refractivity contribution >= 4 is 28.6 Å². The van der Waals surface area contributed by atoms with Crippen LogP contribution in [0.25, 0.3) is 0 Å². The van der Waals surface area contributed by atoms with Gasteiger partial charge in [-0.1, -0.05) is 17.3 Å². The molecule has 158 valence electrons. The number of amides is 2. The van der Waals surface area contributed by atoms with Gasteiger partial charge in [0, 0.05) is 0 Å². The van der Waals surface area contributed by atoms with Gasteiger partial charge >= 0.3 is 6.18 Å². The maximum atomic E-state index is 12.6. The number of imide groups is 1. The minimum absolute atomic E-state index is 0.0382. The van der Waals surface area contributed by atoms with E-state index in [2.05, 4.69) is 10.5 Å². The van der Waals surface area contributed by atoms with Crippen LogP contribution in [0.15, 0.2) is 53.7 Å². The van der Waals surface area contributed by atoms with Crippen molar-refractivity contribution in [2.24, 2.45) is 5.16 Å². The van der Waals surface area contributed by atoms with E-state index in [1.54, 1.807) is 31.2 Å². The lowest BCUT2D eigenvalue weighted by Crippen LogP contribution is -2.28. The average Bonchev–Trinajstić information content (AvgIpc) is 3.03. The van der Waals surface area contributed by atoms with Gasteiger partial charge in [0.05, 0.1) is 11.3 Å². The minimum atomic E-state index is -4.37. The number of rotatable bonds is 7. The van der Waals surface area contributed by atoms with Gasteiger partial charge < -0.3 is 9.57 Å². The van der Waals surface area contributed by atoms with Crippen molar-refractivity contribution in [3.63, 3.8) is 0 Å². The van der Waals surface area contributed by atoms with Gasteiger partial charge in [-0.2, -0.15) is 13.2 Å². The summed E-state index contributed by atoms with van der Waals surface area (Å²) < 4.78 is 43.2. The van der Waals surface area contributed by atoms with E-state index >= 15 is 0 Å². The highest BCUT2D eigenvalue weighted by Gasteiger charge is 2.32. The molecule has 1 heterocycles. The zero-order valence-electron chi connectivity index (χ0n) is 15.7. The number of hydrogen-bond donors (Lipinski definition) is 1. The second kappa shape index (κ2) is 9.21. The number of nitrogens with zero attached hydrogens (tertiary/aromatic N) is 1. The fourth-order valence-electron chi connectivity index (χ4n) is 2.51. The lowest BCUT2D eigenvalue weighted by atomic mass is 10.1. The molecule has 0 aliphatic carbocycles. The second-order valence-corrected chi connectivity index (χ2v) is 7.54. The maximum absolute atomic E-state index is 12.6. The number of alkyl halides is 3. The number of ether oxygens (including phenoxy) is 1. The molecule has 1 unspecified atom stereocenters. The predicted molar refractivity (Wildman–Crippen MR) is 105 cm³/mol. The Bertz CT molecular complexity index is 944. The lowest BCUT2D eigenvalue weighted by molar-refractivity contribution is -0.137. The van der Waals surface area contributed by atoms with Crippen LogP contribution in [0.4, 0.5) is 18.0 Å². The molecule has 2 aromatic rings. The number of halogens is 3. The molecule has 1 saturated heterocycles. The van der Waals surface area contributed by atoms with Crippen molar-refractivity contribution in [3.05, 3.63) is 65.2 Å². The Morgan fingerprint density at radius 2 is 1.77 bits per heavy atom. The monoisotopic (exact) mass is 438 g/mol. The molecule has 0 spiro atoms. The summed E-state index contributed by atoms with van der Waals surface area (Å²) in [6, 6.07) is 11.6. The Morgan fingerprint density at radius 3 is 2.33 bits per heavy atom. The fourth-order valence-corrected chi connectivity index (χ4v) is 3.23. The summed E-state index contributed by atoms with van der Waals surface area (Å²) in [5, 5.41) is 5.22. The van der Waals surface area contributed by atoms with E-state index in [1.165, 1.54) is 12.1 Å². The number of oxime groups is 1. The summed E-state index contributed by atoms with van der Waals surface area (Å²) in [6.45, 7) is 1.84. The first-order valence-corrected chi connectivity index (χ1v) is 9.68. The molecular weight excluding hydrogens is 421 g/mol. The molecule has 0 saturated carbocycles. The summed E-state index contributed by atoms with van der Waals surface area (Å²) in [5.74, 6) is 0.166. The van der Waals surface area contributed by atoms with Crippen LogP contribution >= 0.6 is 11.8 Å². The predicted octanol–water partition coefficient (Wildman–Crippen LogP) is 4.38. The van der Waals surface area contributed by atoms with E-state index < -0.39 is 17.0 Å². The van der Waals surface area contributed by atoms with Gasteiger partial charge in [-0.05, 0) is 66.2 Å². The molecule has 10 heteroatoms. The molecule has 6 nitrogen and oxygen atoms in total. The first-order chi connectivity index (χ1) is 14.2. The zero-order chi connectivity index (χ0) is 21.7. The Morgan fingerprint density at radius 1 is 1.10 bits per heavy atom. The van der Waals surface area contributed by atoms with Crippen LogP contribution in [0.3, 0.4) is 0 Å². The summed E-state index contributed by atoms with van der Waals surface area (Å²) in [6.07, 6.45) is -4.37. The van der Waals surface area contributed by atoms with Gasteiger partial charge in [0.2, 0.25) is 5.91 Å². The van der Waals surface area contributed by atoms with E-state index in [0.717, 1.165) is 29.5 Å². The van der Waals surface area contributed by atoms with Crippen LogP contribution in [0.1, 0.15) is 23.6 Å². The molecule has 1 aliphatic rings. The van der Waals surface area contributed by atoms with E-state index in [0.29, 0.717) is 17.0 Å². The molecule has 1 N–H and O–H groups in total. The lowest BCUT2D eigenvalue weighted by Gasteiger charge is -2.09. The summed E-state index contributed by atoms with van der Waals surface area (Å²) in [4.78, 5) is 27.9. The summed E-state index contributed by atoms with van der Waals surface area (Å²) in [5.41, 5.74) is 1.19. The molecule has 0 aromatic heterocycles. The summed E-state index contributed by atoms with van der Waals surface area (Å²) in [7, 11) is 0. The number of hydrogen-bond acceptors (Lipinski definition) is 6. The number of carbonyl (C=O) groups excluding carboxylic acids is 2. The number of thioether (sulfide) groups is 1. The Balaban J connectivity index is 1.50. The third-order valence-corrected chi connectivity index (χ3v) is 5.11. The van der Waals surface area contributed by atoms with Crippen LogP contribution in [0.2, 0.25) is 0 Å². The third kappa shape index (κ3) is 5.76. The van der Waals surface area contributed by atoms with Crippen LogP contribution in [0.5, 0.6) is 5.75 Å². The van der Waals surface area contributed by atoms with E-state index in [4.69, 9.17) is 9.57 Å². The van der Waals surface area contributed by atoms with Crippen LogP contribution in [-0.4, -0.2) is 28.7 Å². The van der Waals surface area contributed by atoms with E-state index in [-0.39, 0.29) is 24.4 Å². The van der Waals surface area contributed by atoms with Gasteiger partial charge in [0.1, 0.15) is 24.2 Å². The van der Waals surface area contributed by atoms with Crippen molar-refractivity contribution in [2.75, 3.05) is 6.61 Å². The van der Waals surface area contributed by atoms with Crippen molar-refractivity contribution in [1.82, 2.24) is 5.32 Å². The van der Waals surface area contributed by atoms with Crippen molar-refractivity contribution in [3.8, 4) is 5.75 Å². The van der Waals surface area contributed by atoms with Crippen LogP contribution in [-0.2, 0) is 22.4 Å². The first-order valence-electron chi connectivity index (χ1n) is 8.80. The molecular formula is C20H17F3N2O4S. The standard InChI is InChI=1S/C20H17F3N2O4S/c1-12(25-29-10-13-2-6-15(7-3-13)20(21,22)23)14-4-8-16(9-5-14)28-11-17-18(26)24-19(27)30-17/h2-9,17H,10-11H2,1H3,(H,24,26,27)/b25-12+. The smallest absolute Gasteiger partial charge is 0.416 e. The van der Waals surface area contributed by atoms with Crippen LogP contribution in [0, 0.1) is 0 Å². The normalized spacial score (nSPS) is 17.1.